The SMILES string of the molecule is Cc1ncsc1-c1ccc([C@@H](CN(C)C)NC(=O)[C@@H]2C[C@@H](O)CN2C(=O)C(NC(=O)COCCCCCOc2ccc(C(=O)NC3C(C)(C)C(Oc4ccc(C#N)c(Cl)c4)C3(C)C)cc2)C(C)(C)C)cc1. The Hall–Kier alpha value is -5.57. The van der Waals surface area contributed by atoms with Crippen LogP contribution < -0.4 is 25.4 Å². The van der Waals surface area contributed by atoms with Crippen molar-refractivity contribution in [3.05, 3.63) is 99.6 Å². The number of rotatable bonds is 21. The fourth-order valence-electron chi connectivity index (χ4n) is 9.99. The number of aromatic nitrogens is 1. The Bertz CT molecular complexity index is 2520. The van der Waals surface area contributed by atoms with Crippen LogP contribution in [-0.2, 0) is 19.1 Å². The summed E-state index contributed by atoms with van der Waals surface area (Å²) in [6.45, 7) is 16.8. The van der Waals surface area contributed by atoms with Crippen LogP contribution >= 0.6 is 22.9 Å². The van der Waals surface area contributed by atoms with Gasteiger partial charge in [0, 0.05) is 54.6 Å². The van der Waals surface area contributed by atoms with Crippen LogP contribution in [0.2, 0.25) is 5.02 Å². The number of nitrogens with one attached hydrogen (secondary N) is 3. The van der Waals surface area contributed by atoms with Gasteiger partial charge in [0.1, 0.15) is 42.4 Å². The number of ether oxygens (including phenoxy) is 3. The van der Waals surface area contributed by atoms with Gasteiger partial charge in [-0.25, -0.2) is 4.98 Å². The zero-order valence-electron chi connectivity index (χ0n) is 42.6. The molecule has 0 radical (unpaired) electrons. The molecule has 1 unspecified atom stereocenters. The molecule has 0 spiro atoms. The number of hydrogen-bond acceptors (Lipinski definition) is 12. The number of halogens is 1. The van der Waals surface area contributed by atoms with Gasteiger partial charge in [-0.3, -0.25) is 19.2 Å². The zero-order valence-corrected chi connectivity index (χ0v) is 44.2. The summed E-state index contributed by atoms with van der Waals surface area (Å²) < 4.78 is 18.0. The largest absolute Gasteiger partial charge is 0.494 e. The topological polar surface area (TPSA) is 195 Å². The smallest absolute Gasteiger partial charge is 0.251 e. The normalized spacial score (nSPS) is 20.0. The van der Waals surface area contributed by atoms with E-state index in [4.69, 9.17) is 25.8 Å². The highest BCUT2D eigenvalue weighted by molar-refractivity contribution is 7.13. The van der Waals surface area contributed by atoms with Crippen LogP contribution in [0.4, 0.5) is 0 Å². The number of nitrogens with zero attached hydrogens (tertiary/aromatic N) is 4. The molecule has 382 valence electrons. The van der Waals surface area contributed by atoms with Crippen molar-refractivity contribution in [1.82, 2.24) is 30.7 Å². The van der Waals surface area contributed by atoms with Crippen LogP contribution in [0, 0.1) is 34.5 Å². The lowest BCUT2D eigenvalue weighted by molar-refractivity contribution is -0.164. The monoisotopic (exact) mass is 1010 g/mol. The van der Waals surface area contributed by atoms with Crippen molar-refractivity contribution in [3.8, 4) is 28.0 Å². The standard InChI is InChI=1S/C54H70ClN7O8S/c1-33-45(71-32-57-33)35-16-14-34(15-17-35)42(30-61(9)10)58-48(66)43-26-38(63)29-62(43)49(67)46(52(2,3)4)59-44(64)31-68-24-12-11-13-25-69-39-21-18-36(19-22-39)47(65)60-50-53(5,6)51(54(50,7)8)70-40-23-20-37(28-56)41(55)27-40/h14-23,27,32,38,42-43,46,50-51,63H,11-13,24-26,29-31H2,1-10H3,(H,58,66)(H,59,64)(H,60,65)/t38-,42-,43+,46?,50?,51?/m1/s1. The highest BCUT2D eigenvalue weighted by Crippen LogP contribution is 2.55. The summed E-state index contributed by atoms with van der Waals surface area (Å²) in [6.07, 6.45) is 1.19. The molecule has 3 aromatic carbocycles. The van der Waals surface area contributed by atoms with Crippen LogP contribution in [0.15, 0.2) is 72.2 Å². The predicted octanol–water partition coefficient (Wildman–Crippen LogP) is 7.73. The van der Waals surface area contributed by atoms with Gasteiger partial charge in [-0.1, -0.05) is 84.3 Å². The van der Waals surface area contributed by atoms with Gasteiger partial charge in [-0.15, -0.1) is 11.3 Å². The molecule has 1 aromatic heterocycles. The second-order valence-corrected chi connectivity index (χ2v) is 22.5. The van der Waals surface area contributed by atoms with Crippen molar-refractivity contribution >= 4 is 46.6 Å². The molecule has 17 heteroatoms. The molecule has 4 atom stereocenters. The molecular weight excluding hydrogens is 942 g/mol. The second kappa shape index (κ2) is 23.3. The lowest BCUT2D eigenvalue weighted by atomic mass is 9.49. The first-order valence-corrected chi connectivity index (χ1v) is 25.5. The number of aryl methyl sites for hydroxylation is 1. The number of aliphatic hydroxyl groups is 1. The minimum atomic E-state index is -0.974. The van der Waals surface area contributed by atoms with Gasteiger partial charge >= 0.3 is 0 Å². The van der Waals surface area contributed by atoms with Crippen LogP contribution in [0.25, 0.3) is 10.4 Å². The first kappa shape index (κ1) is 54.8. The average Bonchev–Trinajstić information content (AvgIpc) is 3.94. The summed E-state index contributed by atoms with van der Waals surface area (Å²) in [6, 6.07) is 19.7. The Morgan fingerprint density at radius 2 is 1.62 bits per heavy atom. The second-order valence-electron chi connectivity index (χ2n) is 21.3. The van der Waals surface area contributed by atoms with Gasteiger partial charge in [0.15, 0.2) is 0 Å². The third-order valence-electron chi connectivity index (χ3n) is 13.4. The first-order chi connectivity index (χ1) is 33.5. The Balaban J connectivity index is 0.910. The number of thiazole rings is 1. The van der Waals surface area contributed by atoms with Gasteiger partial charge in [0.2, 0.25) is 17.7 Å². The van der Waals surface area contributed by atoms with E-state index >= 15 is 0 Å². The van der Waals surface area contributed by atoms with E-state index in [-0.39, 0.29) is 49.6 Å². The lowest BCUT2D eigenvalue weighted by Gasteiger charge is -2.63. The van der Waals surface area contributed by atoms with Crippen molar-refractivity contribution < 1.29 is 38.5 Å². The summed E-state index contributed by atoms with van der Waals surface area (Å²) in [5, 5.41) is 29.5. The molecule has 15 nitrogen and oxygen atoms in total. The van der Waals surface area contributed by atoms with E-state index in [0.717, 1.165) is 34.5 Å². The number of likely N-dealkylation sites (N-methyl/N-ethyl adjacent to an activating group) is 1. The maximum atomic E-state index is 14.2. The van der Waals surface area contributed by atoms with E-state index in [1.165, 1.54) is 4.90 Å². The van der Waals surface area contributed by atoms with Crippen molar-refractivity contribution in [1.29, 1.82) is 5.26 Å². The van der Waals surface area contributed by atoms with Gasteiger partial charge in [0.25, 0.3) is 5.91 Å². The van der Waals surface area contributed by atoms with Gasteiger partial charge in [0.05, 0.1) is 45.4 Å². The predicted molar refractivity (Wildman–Crippen MR) is 275 cm³/mol. The molecular formula is C54H70ClN7O8S. The molecule has 71 heavy (non-hydrogen) atoms. The minimum Gasteiger partial charge on any atom is -0.494 e. The molecule has 1 saturated carbocycles. The summed E-state index contributed by atoms with van der Waals surface area (Å²) in [4.78, 5) is 63.6. The van der Waals surface area contributed by atoms with E-state index in [1.54, 1.807) is 53.8 Å². The zero-order chi connectivity index (χ0) is 51.8. The van der Waals surface area contributed by atoms with E-state index in [1.807, 2.05) is 76.5 Å². The summed E-state index contributed by atoms with van der Waals surface area (Å²) in [5.41, 5.74) is 4.12. The maximum absolute atomic E-state index is 14.2. The molecule has 2 heterocycles. The molecule has 1 aliphatic heterocycles. The van der Waals surface area contributed by atoms with E-state index in [2.05, 4.69) is 54.7 Å². The third-order valence-corrected chi connectivity index (χ3v) is 14.7. The molecule has 1 aliphatic carbocycles. The van der Waals surface area contributed by atoms with E-state index < -0.39 is 46.2 Å². The van der Waals surface area contributed by atoms with Gasteiger partial charge in [-0.2, -0.15) is 5.26 Å². The quantitative estimate of drug-likeness (QED) is 0.0597. The number of carbonyl (C=O) groups excluding carboxylic acids is 4. The summed E-state index contributed by atoms with van der Waals surface area (Å²) in [5.74, 6) is -0.243. The summed E-state index contributed by atoms with van der Waals surface area (Å²) in [7, 11) is 3.85. The van der Waals surface area contributed by atoms with Crippen molar-refractivity contribution in [3.63, 3.8) is 0 Å². The molecule has 4 aromatic rings. The maximum Gasteiger partial charge on any atom is 0.251 e. The number of unbranched alkanes of at least 4 members (excludes halogenated alkanes) is 2. The lowest BCUT2D eigenvalue weighted by Crippen LogP contribution is -2.74. The molecule has 2 fully saturated rings. The van der Waals surface area contributed by atoms with E-state index in [9.17, 15) is 29.5 Å². The first-order valence-electron chi connectivity index (χ1n) is 24.2. The summed E-state index contributed by atoms with van der Waals surface area (Å²) >= 11 is 7.82. The molecule has 4 amide bonds. The number of nitriles is 1. The fraction of sp³-hybridized carbons (Fsp3) is 0.519. The van der Waals surface area contributed by atoms with Gasteiger partial charge < -0.3 is 45.1 Å². The van der Waals surface area contributed by atoms with Crippen LogP contribution in [-0.4, -0.2) is 121 Å². The minimum absolute atomic E-state index is 0.0285. The molecule has 6 rings (SSSR count). The van der Waals surface area contributed by atoms with Crippen LogP contribution in [0.5, 0.6) is 11.5 Å². The van der Waals surface area contributed by atoms with Crippen molar-refractivity contribution in [2.24, 2.45) is 16.2 Å². The molecule has 4 N–H and O–H groups in total. The molecule has 0 bridgehead atoms. The number of carbonyl (C=O) groups is 4. The Morgan fingerprint density at radius 3 is 2.23 bits per heavy atom. The Labute approximate surface area is 427 Å². The molecule has 1 saturated heterocycles. The Morgan fingerprint density at radius 1 is 0.958 bits per heavy atom. The van der Waals surface area contributed by atoms with Crippen molar-refractivity contribution in [2.75, 3.05) is 47.0 Å². The van der Waals surface area contributed by atoms with Gasteiger partial charge in [-0.05, 0) is 93.2 Å². The number of amides is 4. The fourth-order valence-corrected chi connectivity index (χ4v) is 11.0. The number of aliphatic hydroxyl groups excluding tert-OH is 1. The number of likely N-dealkylation sites (tertiary alicyclic amines) is 1. The van der Waals surface area contributed by atoms with Crippen molar-refractivity contribution in [2.45, 2.75) is 117 Å². The highest BCUT2D eigenvalue weighted by Gasteiger charge is 2.64. The average molecular weight is 1010 g/mol. The van der Waals surface area contributed by atoms with Crippen LogP contribution in [0.3, 0.4) is 0 Å². The van der Waals surface area contributed by atoms with E-state index in [0.29, 0.717) is 53.8 Å². The van der Waals surface area contributed by atoms with Crippen LogP contribution in [0.1, 0.15) is 107 Å². The Kier molecular flexibility index (Phi) is 18.0. The number of hydrogen-bond donors (Lipinski definition) is 4. The highest BCUT2D eigenvalue weighted by atomic mass is 35.5. The number of β-amino-alcohol motifs (C(OH)–C–C–N with tert-alkyl or cyclic N) is 1. The third kappa shape index (κ3) is 13.5. The molecule has 2 aliphatic rings. The number of benzene rings is 3.